The van der Waals surface area contributed by atoms with Crippen molar-refractivity contribution < 1.29 is 17.9 Å². The van der Waals surface area contributed by atoms with Gasteiger partial charge in [-0.1, -0.05) is 51.1 Å². The summed E-state index contributed by atoms with van der Waals surface area (Å²) in [7, 11) is -3.73. The average Bonchev–Trinajstić information content (AvgIpc) is 3.18. The van der Waals surface area contributed by atoms with Crippen molar-refractivity contribution in [1.82, 2.24) is 14.1 Å². The number of benzene rings is 2. The van der Waals surface area contributed by atoms with Crippen molar-refractivity contribution in [3.63, 3.8) is 0 Å². The standard InChI is InChI=1S/C25H29N3O4S/c1-5-32-24(29)23-21-17-27(16-15-22(21)28(26-23)19-9-7-6-8-10-19)33(30,31)20-13-11-18(12-14-20)25(2,3)4/h6-14H,5,15-17H2,1-4H3. The Morgan fingerprint density at radius 1 is 1.06 bits per heavy atom. The number of carbonyl (C=O) groups is 1. The first kappa shape index (κ1) is 23.2. The van der Waals surface area contributed by atoms with Crippen LogP contribution in [0.2, 0.25) is 0 Å². The smallest absolute Gasteiger partial charge is 0.359 e. The molecule has 2 aromatic carbocycles. The summed E-state index contributed by atoms with van der Waals surface area (Å²) in [5, 5.41) is 4.53. The van der Waals surface area contributed by atoms with E-state index < -0.39 is 16.0 Å². The van der Waals surface area contributed by atoms with E-state index in [1.54, 1.807) is 23.7 Å². The number of para-hydroxylation sites is 1. The van der Waals surface area contributed by atoms with Gasteiger partial charge in [-0.15, -0.1) is 0 Å². The van der Waals surface area contributed by atoms with Gasteiger partial charge in [0.15, 0.2) is 5.69 Å². The van der Waals surface area contributed by atoms with Crippen LogP contribution < -0.4 is 0 Å². The molecule has 1 aliphatic rings. The van der Waals surface area contributed by atoms with Gasteiger partial charge < -0.3 is 4.74 Å². The van der Waals surface area contributed by atoms with Crippen LogP contribution in [0.3, 0.4) is 0 Å². The Hall–Kier alpha value is -2.97. The maximum Gasteiger partial charge on any atom is 0.359 e. The molecule has 0 amide bonds. The lowest BCUT2D eigenvalue weighted by atomic mass is 9.87. The molecule has 0 radical (unpaired) electrons. The highest BCUT2D eigenvalue weighted by molar-refractivity contribution is 7.89. The number of hydrogen-bond acceptors (Lipinski definition) is 5. The summed E-state index contributed by atoms with van der Waals surface area (Å²) < 4.78 is 35.2. The number of hydrogen-bond donors (Lipinski definition) is 0. The zero-order valence-corrected chi connectivity index (χ0v) is 20.2. The second-order valence-electron chi connectivity index (χ2n) is 9.10. The van der Waals surface area contributed by atoms with Crippen LogP contribution in [0, 0.1) is 0 Å². The van der Waals surface area contributed by atoms with Crippen molar-refractivity contribution in [2.45, 2.75) is 51.0 Å². The third kappa shape index (κ3) is 4.45. The fourth-order valence-corrected chi connectivity index (χ4v) is 5.43. The molecule has 0 atom stereocenters. The van der Waals surface area contributed by atoms with E-state index in [4.69, 9.17) is 4.74 Å². The highest BCUT2D eigenvalue weighted by Crippen LogP contribution is 2.30. The summed E-state index contributed by atoms with van der Waals surface area (Å²) in [6, 6.07) is 16.5. The quantitative estimate of drug-likeness (QED) is 0.528. The fourth-order valence-electron chi connectivity index (χ4n) is 4.02. The van der Waals surface area contributed by atoms with Crippen LogP contribution in [0.1, 0.15) is 55.0 Å². The SMILES string of the molecule is CCOC(=O)c1nn(-c2ccccc2)c2c1CN(S(=O)(=O)c1ccc(C(C)(C)C)cc1)CC2. The Kier molecular flexibility index (Phi) is 6.16. The molecule has 7 nitrogen and oxygen atoms in total. The third-order valence-corrected chi connectivity index (χ3v) is 7.71. The highest BCUT2D eigenvalue weighted by Gasteiger charge is 2.35. The number of rotatable bonds is 5. The fraction of sp³-hybridized carbons (Fsp3) is 0.360. The first-order valence-electron chi connectivity index (χ1n) is 11.1. The Balaban J connectivity index is 1.71. The number of ether oxygens (including phenoxy) is 1. The number of esters is 1. The van der Waals surface area contributed by atoms with Crippen LogP contribution in [0.4, 0.5) is 0 Å². The summed E-state index contributed by atoms with van der Waals surface area (Å²) in [6.45, 7) is 8.58. The van der Waals surface area contributed by atoms with Gasteiger partial charge >= 0.3 is 5.97 Å². The molecule has 0 saturated heterocycles. The van der Waals surface area contributed by atoms with Crippen molar-refractivity contribution >= 4 is 16.0 Å². The van der Waals surface area contributed by atoms with Gasteiger partial charge in [0.25, 0.3) is 0 Å². The lowest BCUT2D eigenvalue weighted by Gasteiger charge is -2.27. The largest absolute Gasteiger partial charge is 0.461 e. The average molecular weight is 468 g/mol. The molecule has 0 N–H and O–H groups in total. The molecular formula is C25H29N3O4S. The molecule has 0 saturated carbocycles. The molecule has 0 bridgehead atoms. The van der Waals surface area contributed by atoms with Crippen molar-refractivity contribution in [3.05, 3.63) is 77.1 Å². The first-order valence-corrected chi connectivity index (χ1v) is 12.5. The number of carbonyl (C=O) groups excluding carboxylic acids is 1. The van der Waals surface area contributed by atoms with Crippen molar-refractivity contribution in [3.8, 4) is 5.69 Å². The first-order chi connectivity index (χ1) is 15.6. The van der Waals surface area contributed by atoms with Gasteiger partial charge in [0.05, 0.1) is 22.9 Å². The minimum Gasteiger partial charge on any atom is -0.461 e. The van der Waals surface area contributed by atoms with E-state index in [1.807, 2.05) is 42.5 Å². The molecule has 2 heterocycles. The van der Waals surface area contributed by atoms with E-state index in [2.05, 4.69) is 25.9 Å². The lowest BCUT2D eigenvalue weighted by Crippen LogP contribution is -2.36. The van der Waals surface area contributed by atoms with Crippen LogP contribution in [0.5, 0.6) is 0 Å². The molecule has 174 valence electrons. The number of aromatic nitrogens is 2. The molecule has 0 aliphatic carbocycles. The zero-order chi connectivity index (χ0) is 23.8. The molecule has 4 rings (SSSR count). The highest BCUT2D eigenvalue weighted by atomic mass is 32.2. The molecule has 0 fully saturated rings. The number of nitrogens with zero attached hydrogens (tertiary/aromatic N) is 3. The Morgan fingerprint density at radius 3 is 2.33 bits per heavy atom. The van der Waals surface area contributed by atoms with Crippen molar-refractivity contribution in [2.75, 3.05) is 13.2 Å². The molecule has 8 heteroatoms. The maximum atomic E-state index is 13.4. The predicted molar refractivity (Wildman–Crippen MR) is 126 cm³/mol. The normalized spacial score (nSPS) is 14.7. The summed E-state index contributed by atoms with van der Waals surface area (Å²) in [4.78, 5) is 12.9. The van der Waals surface area contributed by atoms with Crippen LogP contribution in [0.25, 0.3) is 5.69 Å². The van der Waals surface area contributed by atoms with Crippen LogP contribution in [-0.4, -0.2) is 41.6 Å². The molecule has 1 aromatic heterocycles. The van der Waals surface area contributed by atoms with Gasteiger partial charge in [0.2, 0.25) is 10.0 Å². The Bertz CT molecular complexity index is 1260. The summed E-state index contributed by atoms with van der Waals surface area (Å²) in [5.74, 6) is -0.544. The van der Waals surface area contributed by atoms with Gasteiger partial charge in [0, 0.05) is 25.1 Å². The Labute approximate surface area is 195 Å². The molecule has 33 heavy (non-hydrogen) atoms. The van der Waals surface area contributed by atoms with E-state index in [1.165, 1.54) is 4.31 Å². The number of fused-ring (bicyclic) bond motifs is 1. The Morgan fingerprint density at radius 2 is 1.73 bits per heavy atom. The topological polar surface area (TPSA) is 81.5 Å². The molecule has 1 aliphatic heterocycles. The monoisotopic (exact) mass is 467 g/mol. The van der Waals surface area contributed by atoms with E-state index in [-0.39, 0.29) is 29.2 Å². The minimum atomic E-state index is -3.73. The summed E-state index contributed by atoms with van der Waals surface area (Å²) in [6.07, 6.45) is 0.440. The zero-order valence-electron chi connectivity index (χ0n) is 19.4. The maximum absolute atomic E-state index is 13.4. The predicted octanol–water partition coefficient (Wildman–Crippen LogP) is 4.09. The summed E-state index contributed by atoms with van der Waals surface area (Å²) >= 11 is 0. The molecule has 3 aromatic rings. The summed E-state index contributed by atoms with van der Waals surface area (Å²) in [5.41, 5.74) is 3.41. The molecular weight excluding hydrogens is 438 g/mol. The third-order valence-electron chi connectivity index (χ3n) is 5.85. The van der Waals surface area contributed by atoms with Crippen LogP contribution in [0.15, 0.2) is 59.5 Å². The molecule has 0 unspecified atom stereocenters. The van der Waals surface area contributed by atoms with Gasteiger partial charge in [-0.2, -0.15) is 9.40 Å². The van der Waals surface area contributed by atoms with E-state index >= 15 is 0 Å². The second-order valence-corrected chi connectivity index (χ2v) is 11.0. The van der Waals surface area contributed by atoms with E-state index in [0.29, 0.717) is 18.5 Å². The van der Waals surface area contributed by atoms with Gasteiger partial charge in [0.1, 0.15) is 0 Å². The van der Waals surface area contributed by atoms with Gasteiger partial charge in [-0.05, 0) is 42.2 Å². The van der Waals surface area contributed by atoms with Gasteiger partial charge in [-0.3, -0.25) is 0 Å². The molecule has 0 spiro atoms. The van der Waals surface area contributed by atoms with E-state index in [9.17, 15) is 13.2 Å². The van der Waals surface area contributed by atoms with Crippen molar-refractivity contribution in [2.24, 2.45) is 0 Å². The van der Waals surface area contributed by atoms with Gasteiger partial charge in [-0.25, -0.2) is 17.9 Å². The van der Waals surface area contributed by atoms with E-state index in [0.717, 1.165) is 16.9 Å². The van der Waals surface area contributed by atoms with Crippen LogP contribution in [-0.2, 0) is 33.1 Å². The van der Waals surface area contributed by atoms with Crippen molar-refractivity contribution in [1.29, 1.82) is 0 Å². The van der Waals surface area contributed by atoms with Crippen LogP contribution >= 0.6 is 0 Å². The second kappa shape index (κ2) is 8.76. The lowest BCUT2D eigenvalue weighted by molar-refractivity contribution is 0.0517. The minimum absolute atomic E-state index is 0.0666. The number of sulfonamides is 1.